The van der Waals surface area contributed by atoms with Crippen LogP contribution in [-0.4, -0.2) is 56.6 Å². The van der Waals surface area contributed by atoms with E-state index in [4.69, 9.17) is 22.2 Å². The maximum Gasteiger partial charge on any atom is 0.280 e. The van der Waals surface area contributed by atoms with Crippen molar-refractivity contribution in [2.24, 2.45) is 10.9 Å². The lowest BCUT2D eigenvalue weighted by atomic mass is 10.1. The fourth-order valence-electron chi connectivity index (χ4n) is 4.24. The molecule has 0 aliphatic rings. The van der Waals surface area contributed by atoms with Gasteiger partial charge in [-0.3, -0.25) is 0 Å². The van der Waals surface area contributed by atoms with Crippen LogP contribution in [0.4, 0.5) is 0 Å². The first-order valence-electron chi connectivity index (χ1n) is 13.9. The Morgan fingerprint density at radius 2 is 1.83 bits per heavy atom. The number of benzene rings is 2. The summed E-state index contributed by atoms with van der Waals surface area (Å²) in [4.78, 5) is 2.05. The third-order valence-corrected chi connectivity index (χ3v) is 7.95. The molecule has 0 amide bonds. The van der Waals surface area contributed by atoms with Crippen LogP contribution in [0.1, 0.15) is 43.7 Å². The number of unbranched alkanes of at least 4 members (excludes halogenated alkanes) is 2. The number of nitrogens with zero attached hydrogens (tertiary/aromatic N) is 3. The number of hydrogen-bond donors (Lipinski definition) is 2. The van der Waals surface area contributed by atoms with E-state index in [2.05, 4.69) is 34.8 Å². The Balaban J connectivity index is 2.27. The minimum atomic E-state index is -3.77. The molecular formula is C31H44ClN5O3S. The normalized spacial score (nSPS) is 12.4. The maximum atomic E-state index is 13.2. The molecule has 8 nitrogen and oxygen atoms in total. The summed E-state index contributed by atoms with van der Waals surface area (Å²) in [6, 6.07) is 17.1. The molecular weight excluding hydrogens is 558 g/mol. The summed E-state index contributed by atoms with van der Waals surface area (Å²) < 4.78 is 36.9. The highest BCUT2D eigenvalue weighted by Gasteiger charge is 2.22. The number of hydrazone groups is 1. The predicted molar refractivity (Wildman–Crippen MR) is 171 cm³/mol. The third kappa shape index (κ3) is 12.5. The Labute approximate surface area is 251 Å². The lowest BCUT2D eigenvalue weighted by Gasteiger charge is -2.28. The second-order valence-electron chi connectivity index (χ2n) is 9.48. The Hall–Kier alpha value is -3.11. The van der Waals surface area contributed by atoms with Gasteiger partial charge in [-0.2, -0.15) is 17.8 Å². The molecule has 10 heteroatoms. The van der Waals surface area contributed by atoms with Gasteiger partial charge in [0.15, 0.2) is 0 Å². The van der Waals surface area contributed by atoms with E-state index >= 15 is 0 Å². The molecule has 0 atom stereocenters. The van der Waals surface area contributed by atoms with E-state index in [0.29, 0.717) is 42.6 Å². The monoisotopic (exact) mass is 601 g/mol. The van der Waals surface area contributed by atoms with Crippen LogP contribution in [-0.2, 0) is 27.9 Å². The summed E-state index contributed by atoms with van der Waals surface area (Å²) in [7, 11) is -3.77. The molecule has 0 saturated carbocycles. The average molecular weight is 602 g/mol. The molecule has 41 heavy (non-hydrogen) atoms. The van der Waals surface area contributed by atoms with E-state index < -0.39 is 10.2 Å². The van der Waals surface area contributed by atoms with Crippen molar-refractivity contribution >= 4 is 28.0 Å². The zero-order valence-corrected chi connectivity index (χ0v) is 25.6. The van der Waals surface area contributed by atoms with Crippen molar-refractivity contribution in [1.29, 1.82) is 0 Å². The Morgan fingerprint density at radius 1 is 1.07 bits per heavy atom. The van der Waals surface area contributed by atoms with Crippen LogP contribution in [0.2, 0.25) is 5.02 Å². The largest absolute Gasteiger partial charge is 0.495 e. The van der Waals surface area contributed by atoms with Gasteiger partial charge in [0.05, 0.1) is 18.5 Å². The molecule has 0 fully saturated rings. The van der Waals surface area contributed by atoms with Crippen LogP contribution in [0, 0.1) is 0 Å². The van der Waals surface area contributed by atoms with Crippen molar-refractivity contribution in [3.63, 3.8) is 0 Å². The van der Waals surface area contributed by atoms with E-state index in [-0.39, 0.29) is 19.6 Å². The Kier molecular flexibility index (Phi) is 15.9. The van der Waals surface area contributed by atoms with Gasteiger partial charge in [-0.25, -0.2) is 4.72 Å². The topological polar surface area (TPSA) is 100 Å². The third-order valence-electron chi connectivity index (χ3n) is 6.19. The first-order chi connectivity index (χ1) is 19.8. The second kappa shape index (κ2) is 19.1. The molecule has 0 unspecified atom stereocenters. The van der Waals surface area contributed by atoms with E-state index in [9.17, 15) is 8.42 Å². The van der Waals surface area contributed by atoms with Gasteiger partial charge < -0.3 is 15.5 Å². The first-order valence-corrected chi connectivity index (χ1v) is 15.7. The van der Waals surface area contributed by atoms with Gasteiger partial charge in [0.1, 0.15) is 5.76 Å². The molecule has 0 aromatic heterocycles. The second-order valence-corrected chi connectivity index (χ2v) is 11.7. The number of halogens is 1. The van der Waals surface area contributed by atoms with Gasteiger partial charge >= 0.3 is 0 Å². The standard InChI is InChI=1S/C31H44ClN5O3S/c1-4-7-8-12-22-40-31(24-28-16-13-17-29(32)23-28)30(25-34-33)36(19-5-2)21-18-35-41(38,39)37(20-6-3)26-27-14-10-9-11-15-27/h4,6,9-11,13-17,23,25,35H,1,3,5,7-8,12,18-22,24,26,33H2,2H3/b31-30-,34-25-. The van der Waals surface area contributed by atoms with Gasteiger partial charge in [-0.05, 0) is 48.9 Å². The van der Waals surface area contributed by atoms with Crippen LogP contribution >= 0.6 is 11.6 Å². The van der Waals surface area contributed by atoms with E-state index in [1.165, 1.54) is 4.31 Å². The highest BCUT2D eigenvalue weighted by molar-refractivity contribution is 7.87. The zero-order chi connectivity index (χ0) is 29.9. The van der Waals surface area contributed by atoms with Gasteiger partial charge in [0.25, 0.3) is 10.2 Å². The molecule has 0 radical (unpaired) electrons. The maximum absolute atomic E-state index is 13.2. The smallest absolute Gasteiger partial charge is 0.280 e. The van der Waals surface area contributed by atoms with Gasteiger partial charge in [0.2, 0.25) is 0 Å². The van der Waals surface area contributed by atoms with Crippen LogP contribution < -0.4 is 10.6 Å². The molecule has 3 N–H and O–H groups in total. The zero-order valence-electron chi connectivity index (χ0n) is 24.1. The van der Waals surface area contributed by atoms with Crippen molar-refractivity contribution in [3.05, 3.63) is 108 Å². The van der Waals surface area contributed by atoms with Crippen LogP contribution in [0.5, 0.6) is 0 Å². The molecule has 0 bridgehead atoms. The summed E-state index contributed by atoms with van der Waals surface area (Å²) in [5.41, 5.74) is 2.59. The Bertz CT molecular complexity index is 1240. The average Bonchev–Trinajstić information content (AvgIpc) is 2.95. The fraction of sp³-hybridized carbons (Fsp3) is 0.387. The van der Waals surface area contributed by atoms with E-state index in [0.717, 1.165) is 36.8 Å². The summed E-state index contributed by atoms with van der Waals surface area (Å²) in [5.74, 6) is 6.35. The molecule has 224 valence electrons. The summed E-state index contributed by atoms with van der Waals surface area (Å²) >= 11 is 6.25. The van der Waals surface area contributed by atoms with Crippen molar-refractivity contribution in [3.8, 4) is 0 Å². The van der Waals surface area contributed by atoms with Gasteiger partial charge in [-0.15, -0.1) is 13.2 Å². The molecule has 2 aromatic rings. The Morgan fingerprint density at radius 3 is 2.49 bits per heavy atom. The summed E-state index contributed by atoms with van der Waals surface area (Å²) in [6.07, 6.45) is 9.13. The van der Waals surface area contributed by atoms with Crippen LogP contribution in [0.15, 0.2) is 96.5 Å². The van der Waals surface area contributed by atoms with Gasteiger partial charge in [-0.1, -0.05) is 73.1 Å². The lowest BCUT2D eigenvalue weighted by molar-refractivity contribution is 0.187. The molecule has 0 aliphatic carbocycles. The highest BCUT2D eigenvalue weighted by Crippen LogP contribution is 2.20. The fourth-order valence-corrected chi connectivity index (χ4v) is 5.60. The molecule has 0 heterocycles. The molecule has 2 rings (SSSR count). The number of allylic oxidation sites excluding steroid dienone is 3. The number of ether oxygens (including phenoxy) is 1. The highest BCUT2D eigenvalue weighted by atomic mass is 35.5. The molecule has 0 aliphatic heterocycles. The lowest BCUT2D eigenvalue weighted by Crippen LogP contribution is -2.43. The quantitative estimate of drug-likeness (QED) is 0.0481. The number of nitrogens with two attached hydrogens (primary N) is 1. The molecule has 0 spiro atoms. The van der Waals surface area contributed by atoms with Crippen LogP contribution in [0.3, 0.4) is 0 Å². The minimum absolute atomic E-state index is 0.177. The van der Waals surface area contributed by atoms with Crippen molar-refractivity contribution < 1.29 is 13.2 Å². The minimum Gasteiger partial charge on any atom is -0.495 e. The van der Waals surface area contributed by atoms with Crippen molar-refractivity contribution in [1.82, 2.24) is 13.9 Å². The van der Waals surface area contributed by atoms with Crippen LogP contribution in [0.25, 0.3) is 0 Å². The number of rotatable bonds is 21. The number of hydrogen-bond acceptors (Lipinski definition) is 6. The molecule has 0 saturated heterocycles. The molecule has 2 aromatic carbocycles. The van der Waals surface area contributed by atoms with Crippen molar-refractivity contribution in [2.75, 3.05) is 32.8 Å². The predicted octanol–water partition coefficient (Wildman–Crippen LogP) is 5.65. The van der Waals surface area contributed by atoms with E-state index in [1.807, 2.05) is 60.7 Å². The van der Waals surface area contributed by atoms with Gasteiger partial charge in [0, 0.05) is 44.2 Å². The van der Waals surface area contributed by atoms with E-state index in [1.54, 1.807) is 12.3 Å². The summed E-state index contributed by atoms with van der Waals surface area (Å²) in [6.45, 7) is 11.8. The first kappa shape index (κ1) is 34.1. The van der Waals surface area contributed by atoms with Crippen molar-refractivity contribution in [2.45, 2.75) is 45.6 Å². The number of nitrogens with one attached hydrogen (secondary N) is 1. The summed E-state index contributed by atoms with van der Waals surface area (Å²) in [5, 5.41) is 4.47. The SMILES string of the molecule is C=CCCCCO/C(Cc1cccc(Cl)c1)=C(/C=N\N)N(CCC)CCNS(=O)(=O)N(CC=C)Cc1ccccc1.